The normalized spacial score (nSPS) is 24.0. The van der Waals surface area contributed by atoms with Crippen LogP contribution in [0.2, 0.25) is 10.0 Å². The van der Waals surface area contributed by atoms with Crippen LogP contribution in [0.15, 0.2) is 40.4 Å². The van der Waals surface area contributed by atoms with Gasteiger partial charge in [-0.05, 0) is 43.0 Å². The number of aliphatic hydroxyl groups is 2. The molecule has 0 radical (unpaired) electrons. The zero-order valence-electron chi connectivity index (χ0n) is 22.7. The van der Waals surface area contributed by atoms with E-state index in [1.807, 2.05) is 13.8 Å². The third kappa shape index (κ3) is 7.92. The highest BCUT2D eigenvalue weighted by molar-refractivity contribution is 7.52. The fraction of sp³-hybridized carbons (Fsp3) is 0.522. The predicted molar refractivity (Wildman–Crippen MR) is 151 cm³/mol. The van der Waals surface area contributed by atoms with E-state index in [9.17, 15) is 29.9 Å². The maximum Gasteiger partial charge on any atom is 0.459 e. The smallest absolute Gasteiger partial charge is 0.459 e. The minimum absolute atomic E-state index is 0.0343. The number of esters is 1. The Hall–Kier alpha value is -2.91. The van der Waals surface area contributed by atoms with Crippen molar-refractivity contribution in [1.29, 1.82) is 0 Å². The average Bonchev–Trinajstić information content (AvgIpc) is 3.15. The third-order valence-electron chi connectivity index (χ3n) is 5.89. The molecule has 3 rings (SSSR count). The van der Waals surface area contributed by atoms with Crippen molar-refractivity contribution in [2.24, 2.45) is 11.0 Å². The summed E-state index contributed by atoms with van der Waals surface area (Å²) < 4.78 is 36.9. The van der Waals surface area contributed by atoms with Crippen LogP contribution >= 0.6 is 30.9 Å². The zero-order valence-corrected chi connectivity index (χ0v) is 25.1. The van der Waals surface area contributed by atoms with Gasteiger partial charge in [-0.15, -0.1) is 0 Å². The number of carbonyl (C=O) groups is 1. The number of hydrogen-bond acceptors (Lipinski definition) is 12. The summed E-state index contributed by atoms with van der Waals surface area (Å²) in [4.78, 5) is 31.3. The molecule has 0 spiro atoms. The van der Waals surface area contributed by atoms with Crippen LogP contribution in [0.1, 0.15) is 33.4 Å². The summed E-state index contributed by atoms with van der Waals surface area (Å²) in [6.07, 6.45) is -4.18. The summed E-state index contributed by atoms with van der Waals surface area (Å²) in [6, 6.07) is 3.99. The van der Waals surface area contributed by atoms with Gasteiger partial charge in [-0.3, -0.25) is 13.9 Å². The molecule has 6 atom stereocenters. The Morgan fingerprint density at radius 3 is 2.67 bits per heavy atom. The van der Waals surface area contributed by atoms with E-state index in [0.717, 1.165) is 10.8 Å². The Bertz CT molecular complexity index is 1440. The summed E-state index contributed by atoms with van der Waals surface area (Å²) in [7, 11) is -4.64. The predicted octanol–water partition coefficient (Wildman–Crippen LogP) is 3.16. The van der Waals surface area contributed by atoms with Crippen LogP contribution in [0.4, 0.5) is 5.82 Å². The first-order chi connectivity index (χ1) is 19.7. The number of ether oxygens (including phenoxy) is 2. The van der Waals surface area contributed by atoms with E-state index < -0.39 is 56.2 Å². The molecular formula is C23H30Cl2N7O9P. The lowest BCUT2D eigenvalue weighted by atomic mass is 10.1. The molecule has 1 aliphatic heterocycles. The molecule has 42 heavy (non-hydrogen) atoms. The first-order valence-electron chi connectivity index (χ1n) is 12.5. The van der Waals surface area contributed by atoms with E-state index in [1.54, 1.807) is 6.92 Å². The lowest BCUT2D eigenvalue weighted by Gasteiger charge is -2.30. The van der Waals surface area contributed by atoms with Gasteiger partial charge >= 0.3 is 19.4 Å². The van der Waals surface area contributed by atoms with E-state index in [1.165, 1.54) is 24.3 Å². The van der Waals surface area contributed by atoms with Gasteiger partial charge < -0.3 is 29.9 Å². The maximum absolute atomic E-state index is 14.2. The fourth-order valence-electron chi connectivity index (χ4n) is 3.97. The van der Waals surface area contributed by atoms with Gasteiger partial charge in [0, 0.05) is 17.2 Å². The van der Waals surface area contributed by atoms with Crippen LogP contribution in [-0.4, -0.2) is 62.9 Å². The van der Waals surface area contributed by atoms with Crippen molar-refractivity contribution in [2.45, 2.75) is 57.4 Å². The Labute approximate surface area is 249 Å². The van der Waals surface area contributed by atoms with Crippen molar-refractivity contribution in [3.63, 3.8) is 0 Å². The van der Waals surface area contributed by atoms with Crippen molar-refractivity contribution in [2.75, 3.05) is 18.9 Å². The minimum atomic E-state index is -4.64. The molecule has 19 heteroatoms. The van der Waals surface area contributed by atoms with E-state index in [2.05, 4.69) is 20.1 Å². The van der Waals surface area contributed by atoms with Crippen LogP contribution in [0.3, 0.4) is 0 Å². The number of nitrogens with zero attached hydrogens (tertiary/aromatic N) is 5. The Kier molecular flexibility index (Phi) is 11.2. The van der Waals surface area contributed by atoms with E-state index in [-0.39, 0.29) is 40.6 Å². The van der Waals surface area contributed by atoms with Gasteiger partial charge in [0.1, 0.15) is 29.8 Å². The first kappa shape index (κ1) is 33.6. The second-order valence-electron chi connectivity index (χ2n) is 9.52. The molecule has 2 aromatic rings. The highest BCUT2D eigenvalue weighted by atomic mass is 35.5. The average molecular weight is 650 g/mol. The van der Waals surface area contributed by atoms with Gasteiger partial charge in [-0.2, -0.15) is 10.1 Å². The molecule has 0 saturated carbocycles. The number of halogens is 2. The number of nitrogen functional groups attached to an aromatic ring is 1. The number of rotatable bonds is 13. The van der Waals surface area contributed by atoms with Crippen molar-refractivity contribution < 1.29 is 38.1 Å². The van der Waals surface area contributed by atoms with Crippen molar-refractivity contribution in [3.05, 3.63) is 61.4 Å². The number of azide groups is 1. The van der Waals surface area contributed by atoms with Crippen LogP contribution in [-0.2, 0) is 23.4 Å². The monoisotopic (exact) mass is 649 g/mol. The Morgan fingerprint density at radius 2 is 2.07 bits per heavy atom. The highest BCUT2D eigenvalue weighted by Gasteiger charge is 2.56. The number of aromatic nitrogens is 2. The van der Waals surface area contributed by atoms with Crippen molar-refractivity contribution >= 4 is 42.7 Å². The Balaban J connectivity index is 1.99. The largest absolute Gasteiger partial charge is 0.465 e. The highest BCUT2D eigenvalue weighted by Crippen LogP contribution is 2.49. The molecule has 1 aromatic carbocycles. The molecule has 5 N–H and O–H groups in total. The zero-order chi connectivity index (χ0) is 31.2. The van der Waals surface area contributed by atoms with Gasteiger partial charge in [0.15, 0.2) is 6.23 Å². The standard InChI is InChI=1S/C23H30Cl2N7O9P/c1-4-38-21(35)16(9-12(2)3)29-42(37,41-13-5-6-14(24)15(25)10-13)39-11-23(30-31-27)19(34)18(33)20(40-23)32-8-7-17(26)28-22(32)36/h5-8,10,12,16,18-20,33-34H,4,9,11H2,1-3H3,(H,29,37)(H2,26,28,36)/t16-,18+,19-,20+,23?,42?/m0/s1. The number of nitrogens with two attached hydrogens (primary N) is 1. The second kappa shape index (κ2) is 14.0. The number of hydrogen-bond donors (Lipinski definition) is 4. The minimum Gasteiger partial charge on any atom is -0.465 e. The molecule has 0 aliphatic carbocycles. The Morgan fingerprint density at radius 1 is 1.36 bits per heavy atom. The molecule has 1 aromatic heterocycles. The number of carbonyl (C=O) groups excluding carboxylic acids is 1. The van der Waals surface area contributed by atoms with Crippen LogP contribution in [0.5, 0.6) is 5.75 Å². The van der Waals surface area contributed by atoms with Crippen LogP contribution in [0, 0.1) is 5.92 Å². The van der Waals surface area contributed by atoms with Gasteiger partial charge in [-0.1, -0.05) is 42.2 Å². The van der Waals surface area contributed by atoms with Gasteiger partial charge in [0.25, 0.3) is 0 Å². The summed E-state index contributed by atoms with van der Waals surface area (Å²) in [5.41, 5.74) is 11.4. The molecule has 1 aliphatic rings. The van der Waals surface area contributed by atoms with E-state index >= 15 is 0 Å². The quantitative estimate of drug-likeness (QED) is 0.0805. The van der Waals surface area contributed by atoms with Crippen LogP contribution in [0.25, 0.3) is 10.4 Å². The first-order valence-corrected chi connectivity index (χ1v) is 14.8. The molecule has 2 heterocycles. The number of benzene rings is 1. The number of anilines is 1. The summed E-state index contributed by atoms with van der Waals surface area (Å²) >= 11 is 12.0. The molecule has 0 amide bonds. The molecule has 230 valence electrons. The van der Waals surface area contributed by atoms with Crippen LogP contribution < -0.4 is 21.0 Å². The molecule has 16 nitrogen and oxygen atoms in total. The van der Waals surface area contributed by atoms with Gasteiger partial charge in [-0.25, -0.2) is 9.36 Å². The van der Waals surface area contributed by atoms with E-state index in [4.69, 9.17) is 47.5 Å². The SMILES string of the molecule is CCOC(=O)[C@H](CC(C)C)NP(=O)(OCC1(N=[N+]=[N-])O[C@@H](n2ccc(N)nc2=O)[C@H](O)[C@@H]1O)Oc1ccc(Cl)c(Cl)c1. The van der Waals surface area contributed by atoms with Gasteiger partial charge in [0.2, 0.25) is 5.72 Å². The number of nitrogens with one attached hydrogen (secondary N) is 1. The van der Waals surface area contributed by atoms with Gasteiger partial charge in [0.05, 0.1) is 23.3 Å². The molecule has 1 fully saturated rings. The van der Waals surface area contributed by atoms with E-state index in [0.29, 0.717) is 0 Å². The topological polar surface area (TPSA) is 233 Å². The summed E-state index contributed by atoms with van der Waals surface area (Å²) in [5, 5.41) is 27.9. The molecule has 2 unspecified atom stereocenters. The summed E-state index contributed by atoms with van der Waals surface area (Å²) in [5.74, 6) is -1.03. The number of aliphatic hydroxyl groups excluding tert-OH is 2. The maximum atomic E-state index is 14.2. The third-order valence-corrected chi connectivity index (χ3v) is 8.18. The second-order valence-corrected chi connectivity index (χ2v) is 12.0. The molecule has 0 bridgehead atoms. The molecular weight excluding hydrogens is 620 g/mol. The van der Waals surface area contributed by atoms with Crippen molar-refractivity contribution in [3.8, 4) is 5.75 Å². The fourth-order valence-corrected chi connectivity index (χ4v) is 5.77. The lowest BCUT2D eigenvalue weighted by molar-refractivity contribution is -0.145. The summed E-state index contributed by atoms with van der Waals surface area (Å²) in [6.45, 7) is 4.26. The molecule has 1 saturated heterocycles. The van der Waals surface area contributed by atoms with Crippen molar-refractivity contribution in [1.82, 2.24) is 14.6 Å². The lowest BCUT2D eigenvalue weighted by Crippen LogP contribution is -2.46.